The number of fused-ring (bicyclic) bond motifs is 1. The molecular formula is C13H12FNOS. The zero-order valence-corrected chi connectivity index (χ0v) is 10.2. The van der Waals surface area contributed by atoms with Gasteiger partial charge in [-0.25, -0.2) is 4.39 Å². The van der Waals surface area contributed by atoms with Gasteiger partial charge < -0.3 is 10.1 Å². The van der Waals surface area contributed by atoms with Gasteiger partial charge in [-0.15, -0.1) is 11.3 Å². The molecule has 3 rings (SSSR count). The maximum Gasteiger partial charge on any atom is 0.150 e. The zero-order chi connectivity index (χ0) is 11.8. The van der Waals surface area contributed by atoms with Crippen LogP contribution in [0.1, 0.15) is 15.9 Å². The van der Waals surface area contributed by atoms with Crippen LogP contribution in [0.5, 0.6) is 5.75 Å². The van der Waals surface area contributed by atoms with Gasteiger partial charge >= 0.3 is 0 Å². The summed E-state index contributed by atoms with van der Waals surface area (Å²) in [5.74, 6) is 0.320. The van der Waals surface area contributed by atoms with Crippen molar-refractivity contribution >= 4 is 17.0 Å². The molecule has 0 aliphatic carbocycles. The van der Waals surface area contributed by atoms with E-state index in [0.717, 1.165) is 12.2 Å². The number of nitrogens with one attached hydrogen (secondary N) is 1. The first-order valence-corrected chi connectivity index (χ1v) is 6.30. The number of aryl methyl sites for hydroxylation is 1. The number of rotatable bonds is 1. The first-order valence-electron chi connectivity index (χ1n) is 5.49. The molecule has 0 saturated heterocycles. The summed E-state index contributed by atoms with van der Waals surface area (Å²) in [7, 11) is 0. The fourth-order valence-electron chi connectivity index (χ4n) is 1.92. The van der Waals surface area contributed by atoms with Crippen molar-refractivity contribution in [1.29, 1.82) is 0 Å². The average Bonchev–Trinajstić information content (AvgIpc) is 2.75. The topological polar surface area (TPSA) is 21.3 Å². The van der Waals surface area contributed by atoms with Gasteiger partial charge in [-0.2, -0.15) is 0 Å². The minimum Gasteiger partial charge on any atom is -0.481 e. The molecule has 1 unspecified atom stereocenters. The number of hydrogen-bond donors (Lipinski definition) is 1. The molecule has 0 amide bonds. The summed E-state index contributed by atoms with van der Waals surface area (Å²) in [6, 6.07) is 8.71. The van der Waals surface area contributed by atoms with Crippen molar-refractivity contribution < 1.29 is 9.13 Å². The summed E-state index contributed by atoms with van der Waals surface area (Å²) in [5, 5.41) is 3.26. The quantitative estimate of drug-likeness (QED) is 0.831. The van der Waals surface area contributed by atoms with Crippen LogP contribution >= 0.6 is 11.3 Å². The number of ether oxygens (including phenoxy) is 1. The van der Waals surface area contributed by atoms with Gasteiger partial charge in [0.2, 0.25) is 0 Å². The first-order chi connectivity index (χ1) is 8.22. The van der Waals surface area contributed by atoms with E-state index in [4.69, 9.17) is 4.74 Å². The molecule has 1 aliphatic rings. The third kappa shape index (κ3) is 2.00. The van der Waals surface area contributed by atoms with Crippen LogP contribution in [0.4, 0.5) is 10.1 Å². The highest BCUT2D eigenvalue weighted by Crippen LogP contribution is 2.36. The Kier molecular flexibility index (Phi) is 2.52. The molecule has 88 valence electrons. The Bertz CT molecular complexity index is 552. The van der Waals surface area contributed by atoms with E-state index in [1.54, 1.807) is 17.4 Å². The van der Waals surface area contributed by atoms with E-state index >= 15 is 0 Å². The standard InChI is InChI=1S/C13H12FNOS/c1-8-2-5-13(17-8)12-7-15-10-4-3-9(14)6-11(10)16-12/h2-6,12,15H,7H2,1H3. The molecule has 0 fully saturated rings. The Labute approximate surface area is 103 Å². The molecule has 0 bridgehead atoms. The lowest BCUT2D eigenvalue weighted by Gasteiger charge is -2.26. The van der Waals surface area contributed by atoms with Crippen molar-refractivity contribution in [2.45, 2.75) is 13.0 Å². The smallest absolute Gasteiger partial charge is 0.150 e. The zero-order valence-electron chi connectivity index (χ0n) is 9.37. The predicted octanol–water partition coefficient (Wildman–Crippen LogP) is 3.74. The maximum absolute atomic E-state index is 13.1. The number of benzene rings is 1. The van der Waals surface area contributed by atoms with E-state index in [1.807, 2.05) is 0 Å². The van der Waals surface area contributed by atoms with E-state index in [-0.39, 0.29) is 11.9 Å². The fourth-order valence-corrected chi connectivity index (χ4v) is 2.83. The molecule has 1 aromatic carbocycles. The summed E-state index contributed by atoms with van der Waals surface area (Å²) < 4.78 is 18.9. The number of thiophene rings is 1. The number of halogens is 1. The number of hydrogen-bond acceptors (Lipinski definition) is 3. The Morgan fingerprint density at radius 3 is 3.00 bits per heavy atom. The molecule has 0 radical (unpaired) electrons. The summed E-state index contributed by atoms with van der Waals surface area (Å²) in [6.07, 6.45) is -0.0250. The molecular weight excluding hydrogens is 237 g/mol. The first kappa shape index (κ1) is 10.6. The van der Waals surface area contributed by atoms with Gasteiger partial charge in [-0.3, -0.25) is 0 Å². The molecule has 1 aromatic heterocycles. The van der Waals surface area contributed by atoms with Crippen LogP contribution in [0.15, 0.2) is 30.3 Å². The number of anilines is 1. The monoisotopic (exact) mass is 249 g/mol. The van der Waals surface area contributed by atoms with E-state index < -0.39 is 0 Å². The van der Waals surface area contributed by atoms with E-state index in [0.29, 0.717) is 5.75 Å². The summed E-state index contributed by atoms with van der Waals surface area (Å²) in [6.45, 7) is 2.79. The van der Waals surface area contributed by atoms with Gasteiger partial charge in [0, 0.05) is 15.8 Å². The minimum absolute atomic E-state index is 0.0250. The Balaban J connectivity index is 1.89. The van der Waals surface area contributed by atoms with Gasteiger partial charge in [-0.05, 0) is 31.2 Å². The van der Waals surface area contributed by atoms with Crippen molar-refractivity contribution in [3.63, 3.8) is 0 Å². The maximum atomic E-state index is 13.1. The third-order valence-corrected chi connectivity index (χ3v) is 3.86. The summed E-state index contributed by atoms with van der Waals surface area (Å²) in [4.78, 5) is 2.43. The van der Waals surface area contributed by atoms with Gasteiger partial charge in [0.05, 0.1) is 12.2 Å². The predicted molar refractivity (Wildman–Crippen MR) is 67.3 cm³/mol. The second-order valence-corrected chi connectivity index (χ2v) is 5.40. The van der Waals surface area contributed by atoms with Gasteiger partial charge in [0.25, 0.3) is 0 Å². The normalized spacial score (nSPS) is 18.1. The molecule has 2 nitrogen and oxygen atoms in total. The highest BCUT2D eigenvalue weighted by atomic mass is 32.1. The van der Waals surface area contributed by atoms with Gasteiger partial charge in [-0.1, -0.05) is 0 Å². The Morgan fingerprint density at radius 2 is 2.24 bits per heavy atom. The molecule has 1 N–H and O–H groups in total. The fraction of sp³-hybridized carbons (Fsp3) is 0.231. The largest absolute Gasteiger partial charge is 0.481 e. The average molecular weight is 249 g/mol. The van der Waals surface area contributed by atoms with Crippen LogP contribution in [0.3, 0.4) is 0 Å². The van der Waals surface area contributed by atoms with Crippen LogP contribution in [-0.4, -0.2) is 6.54 Å². The van der Waals surface area contributed by atoms with Crippen LogP contribution in [0.2, 0.25) is 0 Å². The lowest BCUT2D eigenvalue weighted by molar-refractivity contribution is 0.213. The molecule has 17 heavy (non-hydrogen) atoms. The highest BCUT2D eigenvalue weighted by molar-refractivity contribution is 7.12. The molecule has 0 saturated carbocycles. The van der Waals surface area contributed by atoms with E-state index in [9.17, 15) is 4.39 Å². The highest BCUT2D eigenvalue weighted by Gasteiger charge is 2.22. The summed E-state index contributed by atoms with van der Waals surface area (Å²) >= 11 is 1.71. The molecule has 0 spiro atoms. The lowest BCUT2D eigenvalue weighted by atomic mass is 10.2. The molecule has 1 aliphatic heterocycles. The van der Waals surface area contributed by atoms with E-state index in [2.05, 4.69) is 24.4 Å². The van der Waals surface area contributed by atoms with Crippen molar-refractivity contribution in [2.24, 2.45) is 0 Å². The van der Waals surface area contributed by atoms with Crippen molar-refractivity contribution in [3.8, 4) is 5.75 Å². The Morgan fingerprint density at radius 1 is 1.35 bits per heavy atom. The second kappa shape index (κ2) is 4.04. The van der Waals surface area contributed by atoms with Crippen molar-refractivity contribution in [2.75, 3.05) is 11.9 Å². The molecule has 2 heterocycles. The SMILES string of the molecule is Cc1ccc(C2CNc3ccc(F)cc3O2)s1. The third-order valence-electron chi connectivity index (χ3n) is 2.77. The van der Waals surface area contributed by atoms with Crippen LogP contribution in [0, 0.1) is 12.7 Å². The molecule has 4 heteroatoms. The van der Waals surface area contributed by atoms with Crippen molar-refractivity contribution in [1.82, 2.24) is 0 Å². The van der Waals surface area contributed by atoms with E-state index in [1.165, 1.54) is 21.9 Å². The summed E-state index contributed by atoms with van der Waals surface area (Å²) in [5.41, 5.74) is 0.857. The van der Waals surface area contributed by atoms with Crippen molar-refractivity contribution in [3.05, 3.63) is 45.9 Å². The van der Waals surface area contributed by atoms with Gasteiger partial charge in [0.1, 0.15) is 11.6 Å². The van der Waals surface area contributed by atoms with Crippen LogP contribution < -0.4 is 10.1 Å². The van der Waals surface area contributed by atoms with Crippen LogP contribution in [0.25, 0.3) is 0 Å². The molecule has 2 aromatic rings. The molecule has 1 atom stereocenters. The Hall–Kier alpha value is -1.55. The second-order valence-electron chi connectivity index (χ2n) is 4.08. The lowest BCUT2D eigenvalue weighted by Crippen LogP contribution is -2.22. The minimum atomic E-state index is -0.270. The van der Waals surface area contributed by atoms with Crippen LogP contribution in [-0.2, 0) is 0 Å². The van der Waals surface area contributed by atoms with Gasteiger partial charge in [0.15, 0.2) is 6.10 Å².